The van der Waals surface area contributed by atoms with Crippen LogP contribution in [0.25, 0.3) is 6.08 Å². The Bertz CT molecular complexity index is 435. The highest BCUT2D eigenvalue weighted by Crippen LogP contribution is 2.12. The Labute approximate surface area is 89.0 Å². The Morgan fingerprint density at radius 1 is 1.60 bits per heavy atom. The van der Waals surface area contributed by atoms with Gasteiger partial charge in [-0.2, -0.15) is 4.57 Å². The van der Waals surface area contributed by atoms with Crippen LogP contribution in [0.5, 0.6) is 0 Å². The van der Waals surface area contributed by atoms with E-state index >= 15 is 0 Å². The highest BCUT2D eigenvalue weighted by atomic mass is 16.5. The second kappa shape index (κ2) is 3.85. The quantitative estimate of drug-likeness (QED) is 0.540. The first-order valence-corrected chi connectivity index (χ1v) is 5.08. The van der Waals surface area contributed by atoms with Gasteiger partial charge in [-0.15, -0.1) is 0 Å². The Kier molecular flexibility index (Phi) is 2.54. The number of carbonyl (C=O) groups is 1. The molecule has 0 saturated heterocycles. The fourth-order valence-corrected chi connectivity index (χ4v) is 1.72. The predicted octanol–water partition coefficient (Wildman–Crippen LogP) is 1.57. The monoisotopic (exact) mass is 204 g/mol. The fourth-order valence-electron chi connectivity index (χ4n) is 1.72. The summed E-state index contributed by atoms with van der Waals surface area (Å²) < 4.78 is 7.05. The molecule has 1 aliphatic heterocycles. The summed E-state index contributed by atoms with van der Waals surface area (Å²) in [5.74, 6) is -0.251. The average Bonchev–Trinajstić information content (AvgIpc) is 2.57. The number of aromatic nitrogens is 1. The zero-order valence-electron chi connectivity index (χ0n) is 8.99. The predicted molar refractivity (Wildman–Crippen MR) is 56.2 cm³/mol. The van der Waals surface area contributed by atoms with E-state index in [2.05, 4.69) is 17.6 Å². The van der Waals surface area contributed by atoms with E-state index in [9.17, 15) is 4.79 Å². The number of hydrogen-bond acceptors (Lipinski definition) is 2. The van der Waals surface area contributed by atoms with Crippen molar-refractivity contribution in [1.29, 1.82) is 0 Å². The van der Waals surface area contributed by atoms with Crippen LogP contribution in [0.4, 0.5) is 0 Å². The lowest BCUT2D eigenvalue weighted by molar-refractivity contribution is -0.686. The normalized spacial score (nSPS) is 13.3. The number of ether oxygens (including phenoxy) is 1. The molecule has 3 nitrogen and oxygen atoms in total. The van der Waals surface area contributed by atoms with Crippen LogP contribution < -0.4 is 4.57 Å². The minimum absolute atomic E-state index is 0.251. The molecule has 0 aromatic carbocycles. The van der Waals surface area contributed by atoms with Gasteiger partial charge in [0.1, 0.15) is 0 Å². The summed E-state index contributed by atoms with van der Waals surface area (Å²) in [4.78, 5) is 11.5. The van der Waals surface area contributed by atoms with Crippen molar-refractivity contribution in [3.8, 4) is 0 Å². The van der Waals surface area contributed by atoms with E-state index in [0.29, 0.717) is 12.2 Å². The van der Waals surface area contributed by atoms with Crippen LogP contribution in [0.2, 0.25) is 0 Å². The van der Waals surface area contributed by atoms with Crippen LogP contribution >= 0.6 is 0 Å². The molecule has 1 aromatic heterocycles. The molecule has 0 N–H and O–H groups in total. The van der Waals surface area contributed by atoms with E-state index in [0.717, 1.165) is 12.2 Å². The largest absolute Gasteiger partial charge is 0.462 e. The number of carbonyl (C=O) groups excluding carboxylic acids is 1. The third kappa shape index (κ3) is 1.91. The number of fused-ring (bicyclic) bond motifs is 1. The van der Waals surface area contributed by atoms with E-state index < -0.39 is 0 Å². The van der Waals surface area contributed by atoms with Gasteiger partial charge in [-0.1, -0.05) is 0 Å². The van der Waals surface area contributed by atoms with Crippen LogP contribution in [-0.2, 0) is 11.3 Å². The number of esters is 1. The van der Waals surface area contributed by atoms with Gasteiger partial charge in [-0.05, 0) is 19.4 Å². The molecule has 2 rings (SSSR count). The van der Waals surface area contributed by atoms with Gasteiger partial charge in [0.2, 0.25) is 5.69 Å². The lowest BCUT2D eigenvalue weighted by Gasteiger charge is -2.00. The first-order valence-electron chi connectivity index (χ1n) is 5.08. The zero-order valence-corrected chi connectivity index (χ0v) is 8.99. The van der Waals surface area contributed by atoms with Crippen molar-refractivity contribution in [2.24, 2.45) is 0 Å². The zero-order chi connectivity index (χ0) is 10.8. The average molecular weight is 204 g/mol. The Balaban J connectivity index is 2.29. The molecule has 0 bridgehead atoms. The Hall–Kier alpha value is -1.64. The van der Waals surface area contributed by atoms with Gasteiger partial charge in [0.25, 0.3) is 0 Å². The summed E-state index contributed by atoms with van der Waals surface area (Å²) in [5.41, 5.74) is 2.99. The third-order valence-corrected chi connectivity index (χ3v) is 2.39. The van der Waals surface area contributed by atoms with Crippen molar-refractivity contribution >= 4 is 12.0 Å². The van der Waals surface area contributed by atoms with Crippen LogP contribution in [0.1, 0.15) is 29.9 Å². The molecule has 1 aliphatic rings. The van der Waals surface area contributed by atoms with Crippen molar-refractivity contribution < 1.29 is 14.1 Å². The summed E-state index contributed by atoms with van der Waals surface area (Å²) in [6.45, 7) is 5.22. The van der Waals surface area contributed by atoms with Gasteiger partial charge in [-0.3, -0.25) is 0 Å². The van der Waals surface area contributed by atoms with Crippen molar-refractivity contribution in [2.75, 3.05) is 6.61 Å². The van der Waals surface area contributed by atoms with Crippen LogP contribution in [0.3, 0.4) is 0 Å². The lowest BCUT2D eigenvalue weighted by atomic mass is 10.2. The second-order valence-electron chi connectivity index (χ2n) is 3.68. The van der Waals surface area contributed by atoms with Crippen LogP contribution in [-0.4, -0.2) is 12.6 Å². The molecule has 1 aromatic rings. The lowest BCUT2D eigenvalue weighted by Crippen LogP contribution is -2.33. The maximum absolute atomic E-state index is 11.5. The van der Waals surface area contributed by atoms with Crippen LogP contribution in [0, 0.1) is 0 Å². The fraction of sp³-hybridized carbons (Fsp3) is 0.333. The summed E-state index contributed by atoms with van der Waals surface area (Å²) in [6, 6.07) is 3.67. The Morgan fingerprint density at radius 2 is 2.40 bits per heavy atom. The molecule has 0 aliphatic carbocycles. The van der Waals surface area contributed by atoms with Gasteiger partial charge < -0.3 is 4.74 Å². The highest BCUT2D eigenvalue weighted by Gasteiger charge is 2.19. The van der Waals surface area contributed by atoms with Crippen molar-refractivity contribution in [3.05, 3.63) is 35.2 Å². The third-order valence-electron chi connectivity index (χ3n) is 2.39. The first-order chi connectivity index (χ1) is 7.20. The van der Waals surface area contributed by atoms with Crippen molar-refractivity contribution in [1.82, 2.24) is 0 Å². The summed E-state index contributed by atoms with van der Waals surface area (Å²) in [5, 5.41) is 0. The van der Waals surface area contributed by atoms with Crippen LogP contribution in [0.15, 0.2) is 23.9 Å². The number of hydrogen-bond donors (Lipinski definition) is 0. The minimum atomic E-state index is -0.251. The first kappa shape index (κ1) is 9.90. The molecule has 0 amide bonds. The molecule has 0 unspecified atom stereocenters. The van der Waals surface area contributed by atoms with Gasteiger partial charge in [0, 0.05) is 18.2 Å². The number of rotatable bonds is 2. The molecule has 0 spiro atoms. The van der Waals surface area contributed by atoms with Gasteiger partial charge in [0.05, 0.1) is 12.2 Å². The summed E-state index contributed by atoms with van der Waals surface area (Å²) in [6.07, 6.45) is 4.01. The van der Waals surface area contributed by atoms with Crippen molar-refractivity contribution in [3.63, 3.8) is 0 Å². The molecule has 78 valence electrons. The molecule has 0 fully saturated rings. The van der Waals surface area contributed by atoms with Crippen molar-refractivity contribution in [2.45, 2.75) is 20.4 Å². The molecule has 3 heteroatoms. The SMILES string of the molecule is CCOC(=O)c1cc[n+]2c(c1)C=C(C)C2. The molecule has 0 radical (unpaired) electrons. The number of pyridine rings is 1. The maximum atomic E-state index is 11.5. The van der Waals surface area contributed by atoms with E-state index in [1.54, 1.807) is 6.07 Å². The van der Waals surface area contributed by atoms with E-state index in [1.807, 2.05) is 19.2 Å². The van der Waals surface area contributed by atoms with E-state index in [4.69, 9.17) is 4.74 Å². The molecule has 0 atom stereocenters. The summed E-state index contributed by atoms with van der Waals surface area (Å²) in [7, 11) is 0. The number of allylic oxidation sites excluding steroid dienone is 1. The topological polar surface area (TPSA) is 30.2 Å². The van der Waals surface area contributed by atoms with Gasteiger partial charge in [0.15, 0.2) is 12.7 Å². The minimum Gasteiger partial charge on any atom is -0.462 e. The standard InChI is InChI=1S/C12H14NO2/c1-3-15-12(14)10-4-5-13-8-9(2)6-11(13)7-10/h4-7H,3,8H2,1-2H3/q+1. The van der Waals surface area contributed by atoms with E-state index in [1.165, 1.54) is 5.57 Å². The highest BCUT2D eigenvalue weighted by molar-refractivity contribution is 5.89. The second-order valence-corrected chi connectivity index (χ2v) is 3.68. The number of nitrogens with zero attached hydrogens (tertiary/aromatic N) is 1. The molecule has 15 heavy (non-hydrogen) atoms. The smallest absolute Gasteiger partial charge is 0.338 e. The van der Waals surface area contributed by atoms with E-state index in [-0.39, 0.29) is 5.97 Å². The molecule has 0 saturated carbocycles. The van der Waals surface area contributed by atoms with Gasteiger partial charge in [-0.25, -0.2) is 4.79 Å². The Morgan fingerprint density at radius 3 is 3.13 bits per heavy atom. The molecule has 2 heterocycles. The molecular weight excluding hydrogens is 190 g/mol. The van der Waals surface area contributed by atoms with Gasteiger partial charge >= 0.3 is 5.97 Å². The summed E-state index contributed by atoms with van der Waals surface area (Å²) >= 11 is 0. The maximum Gasteiger partial charge on any atom is 0.338 e. The molecular formula is C12H14NO2+.